The molecule has 1 aliphatic carbocycles. The van der Waals surface area contributed by atoms with Crippen LogP contribution in [0.1, 0.15) is 24.8 Å². The van der Waals surface area contributed by atoms with Gasteiger partial charge in [-0.3, -0.25) is 4.79 Å². The predicted molar refractivity (Wildman–Crippen MR) is 70.4 cm³/mol. The van der Waals surface area contributed by atoms with Crippen LogP contribution in [0.4, 0.5) is 0 Å². The molecule has 1 saturated carbocycles. The van der Waals surface area contributed by atoms with E-state index in [2.05, 4.69) is 5.32 Å². The Bertz CT molecular complexity index is 416. The summed E-state index contributed by atoms with van der Waals surface area (Å²) in [6.07, 6.45) is 2.89. The lowest BCUT2D eigenvalue weighted by atomic mass is 10.2. The fourth-order valence-corrected chi connectivity index (χ4v) is 1.85. The third kappa shape index (κ3) is 3.74. The summed E-state index contributed by atoms with van der Waals surface area (Å²) in [6.45, 7) is 2.50. The summed E-state index contributed by atoms with van der Waals surface area (Å²) < 4.78 is 5.67. The van der Waals surface area contributed by atoms with Crippen LogP contribution in [0.2, 0.25) is 0 Å². The Morgan fingerprint density at radius 3 is 2.83 bits per heavy atom. The van der Waals surface area contributed by atoms with Gasteiger partial charge in [-0.1, -0.05) is 18.2 Å². The molecule has 3 N–H and O–H groups in total. The Morgan fingerprint density at radius 2 is 2.22 bits per heavy atom. The summed E-state index contributed by atoms with van der Waals surface area (Å²) in [4.78, 5) is 11.3. The first-order valence-electron chi connectivity index (χ1n) is 6.40. The maximum atomic E-state index is 11.3. The largest absolute Gasteiger partial charge is 0.493 e. The Hall–Kier alpha value is -1.55. The van der Waals surface area contributed by atoms with Crippen molar-refractivity contribution in [2.45, 2.75) is 38.3 Å². The van der Waals surface area contributed by atoms with Gasteiger partial charge in [0.2, 0.25) is 5.91 Å². The minimum atomic E-state index is -0.296. The van der Waals surface area contributed by atoms with Crippen LogP contribution in [0.3, 0.4) is 0 Å². The molecular weight excluding hydrogens is 228 g/mol. The van der Waals surface area contributed by atoms with Gasteiger partial charge in [0, 0.05) is 12.5 Å². The standard InChI is InChI=1S/C14H20N2O2/c1-10-4-2-3-5-13(10)18-9-8-12(14(15)17)16-11-6-7-11/h2-5,11-12,16H,6-9H2,1H3,(H2,15,17). The third-order valence-electron chi connectivity index (χ3n) is 3.12. The molecule has 0 radical (unpaired) electrons. The number of primary amides is 1. The summed E-state index contributed by atoms with van der Waals surface area (Å²) >= 11 is 0. The number of aryl methyl sites for hydroxylation is 1. The van der Waals surface area contributed by atoms with Crippen molar-refractivity contribution in [2.75, 3.05) is 6.61 Å². The van der Waals surface area contributed by atoms with E-state index < -0.39 is 0 Å². The van der Waals surface area contributed by atoms with Gasteiger partial charge in [-0.2, -0.15) is 0 Å². The molecule has 1 unspecified atom stereocenters. The molecule has 0 heterocycles. The second-order valence-corrected chi connectivity index (χ2v) is 4.80. The van der Waals surface area contributed by atoms with Gasteiger partial charge in [0.25, 0.3) is 0 Å². The fraction of sp³-hybridized carbons (Fsp3) is 0.500. The number of nitrogens with two attached hydrogens (primary N) is 1. The van der Waals surface area contributed by atoms with Gasteiger partial charge in [0.05, 0.1) is 12.6 Å². The number of para-hydroxylation sites is 1. The van der Waals surface area contributed by atoms with E-state index >= 15 is 0 Å². The maximum absolute atomic E-state index is 11.3. The number of carbonyl (C=O) groups is 1. The number of hydrogen-bond acceptors (Lipinski definition) is 3. The minimum Gasteiger partial charge on any atom is -0.493 e. The topological polar surface area (TPSA) is 64.3 Å². The van der Waals surface area contributed by atoms with Gasteiger partial charge >= 0.3 is 0 Å². The Labute approximate surface area is 108 Å². The van der Waals surface area contributed by atoms with E-state index in [-0.39, 0.29) is 11.9 Å². The molecule has 2 rings (SSSR count). The maximum Gasteiger partial charge on any atom is 0.234 e. The molecule has 1 atom stereocenters. The molecule has 1 amide bonds. The number of benzene rings is 1. The zero-order valence-electron chi connectivity index (χ0n) is 10.7. The third-order valence-corrected chi connectivity index (χ3v) is 3.12. The van der Waals surface area contributed by atoms with Crippen LogP contribution in [-0.2, 0) is 4.79 Å². The van der Waals surface area contributed by atoms with Crippen LogP contribution in [0.5, 0.6) is 5.75 Å². The molecule has 1 fully saturated rings. The highest BCUT2D eigenvalue weighted by Crippen LogP contribution is 2.20. The summed E-state index contributed by atoms with van der Waals surface area (Å²) in [5.74, 6) is 0.572. The highest BCUT2D eigenvalue weighted by Gasteiger charge is 2.27. The van der Waals surface area contributed by atoms with Gasteiger partial charge in [-0.05, 0) is 31.4 Å². The average molecular weight is 248 g/mol. The van der Waals surface area contributed by atoms with E-state index in [1.807, 2.05) is 31.2 Å². The van der Waals surface area contributed by atoms with Crippen LogP contribution in [-0.4, -0.2) is 24.6 Å². The molecule has 0 saturated heterocycles. The number of rotatable bonds is 7. The van der Waals surface area contributed by atoms with E-state index in [4.69, 9.17) is 10.5 Å². The molecule has 0 spiro atoms. The second-order valence-electron chi connectivity index (χ2n) is 4.80. The normalized spacial score (nSPS) is 16.3. The van der Waals surface area contributed by atoms with Crippen molar-refractivity contribution in [3.05, 3.63) is 29.8 Å². The quantitative estimate of drug-likeness (QED) is 0.766. The van der Waals surface area contributed by atoms with Crippen molar-refractivity contribution in [3.8, 4) is 5.75 Å². The molecular formula is C14H20N2O2. The van der Waals surface area contributed by atoms with Crippen LogP contribution in [0.25, 0.3) is 0 Å². The number of amides is 1. The lowest BCUT2D eigenvalue weighted by molar-refractivity contribution is -0.120. The number of ether oxygens (including phenoxy) is 1. The molecule has 4 heteroatoms. The van der Waals surface area contributed by atoms with Gasteiger partial charge < -0.3 is 15.8 Å². The molecule has 0 aliphatic heterocycles. The van der Waals surface area contributed by atoms with Gasteiger partial charge in [0.15, 0.2) is 0 Å². The molecule has 4 nitrogen and oxygen atoms in total. The zero-order chi connectivity index (χ0) is 13.0. The van der Waals surface area contributed by atoms with Crippen molar-refractivity contribution in [3.63, 3.8) is 0 Å². The zero-order valence-corrected chi connectivity index (χ0v) is 10.7. The van der Waals surface area contributed by atoms with Gasteiger partial charge in [-0.25, -0.2) is 0 Å². The van der Waals surface area contributed by atoms with E-state index in [1.54, 1.807) is 0 Å². The van der Waals surface area contributed by atoms with E-state index in [0.29, 0.717) is 19.1 Å². The van der Waals surface area contributed by atoms with Crippen molar-refractivity contribution < 1.29 is 9.53 Å². The van der Waals surface area contributed by atoms with Crippen molar-refractivity contribution in [2.24, 2.45) is 5.73 Å². The van der Waals surface area contributed by atoms with Crippen molar-refractivity contribution in [1.82, 2.24) is 5.32 Å². The molecule has 18 heavy (non-hydrogen) atoms. The first-order chi connectivity index (χ1) is 8.66. The minimum absolute atomic E-state index is 0.276. The van der Waals surface area contributed by atoms with Crippen molar-refractivity contribution in [1.29, 1.82) is 0 Å². The van der Waals surface area contributed by atoms with Gasteiger partial charge in [0.1, 0.15) is 5.75 Å². The van der Waals surface area contributed by atoms with Crippen LogP contribution < -0.4 is 15.8 Å². The van der Waals surface area contributed by atoms with Gasteiger partial charge in [-0.15, -0.1) is 0 Å². The molecule has 1 aromatic rings. The fourth-order valence-electron chi connectivity index (χ4n) is 1.85. The summed E-state index contributed by atoms with van der Waals surface area (Å²) in [6, 6.07) is 8.05. The highest BCUT2D eigenvalue weighted by atomic mass is 16.5. The average Bonchev–Trinajstić information content (AvgIpc) is 3.14. The number of carbonyl (C=O) groups excluding carboxylic acids is 1. The molecule has 0 bridgehead atoms. The number of hydrogen-bond donors (Lipinski definition) is 2. The lowest BCUT2D eigenvalue weighted by Crippen LogP contribution is -2.43. The lowest BCUT2D eigenvalue weighted by Gasteiger charge is -2.16. The van der Waals surface area contributed by atoms with Crippen LogP contribution in [0, 0.1) is 6.92 Å². The molecule has 98 valence electrons. The Kier molecular flexibility index (Phi) is 4.20. The summed E-state index contributed by atoms with van der Waals surface area (Å²) in [5.41, 5.74) is 6.47. The SMILES string of the molecule is Cc1ccccc1OCCC(NC1CC1)C(N)=O. The Balaban J connectivity index is 1.79. The highest BCUT2D eigenvalue weighted by molar-refractivity contribution is 5.79. The first kappa shape index (κ1) is 12.9. The van der Waals surface area contributed by atoms with E-state index in [1.165, 1.54) is 0 Å². The Morgan fingerprint density at radius 1 is 1.50 bits per heavy atom. The summed E-state index contributed by atoms with van der Waals surface area (Å²) in [5, 5.41) is 3.24. The second kappa shape index (κ2) is 5.87. The van der Waals surface area contributed by atoms with E-state index in [0.717, 1.165) is 24.2 Å². The molecule has 1 aromatic carbocycles. The van der Waals surface area contributed by atoms with Crippen molar-refractivity contribution >= 4 is 5.91 Å². The van der Waals surface area contributed by atoms with E-state index in [9.17, 15) is 4.79 Å². The predicted octanol–water partition coefficient (Wildman–Crippen LogP) is 1.37. The van der Waals surface area contributed by atoms with Crippen LogP contribution in [0.15, 0.2) is 24.3 Å². The molecule has 0 aromatic heterocycles. The monoisotopic (exact) mass is 248 g/mol. The first-order valence-corrected chi connectivity index (χ1v) is 6.40. The summed E-state index contributed by atoms with van der Waals surface area (Å²) in [7, 11) is 0. The number of nitrogens with one attached hydrogen (secondary N) is 1. The smallest absolute Gasteiger partial charge is 0.234 e. The molecule has 1 aliphatic rings. The van der Waals surface area contributed by atoms with Crippen LogP contribution >= 0.6 is 0 Å².